The fourth-order valence-corrected chi connectivity index (χ4v) is 2.54. The minimum atomic E-state index is -2.80. The van der Waals surface area contributed by atoms with Crippen molar-refractivity contribution in [1.29, 1.82) is 0 Å². The first-order valence-electron chi connectivity index (χ1n) is 6.08. The topological polar surface area (TPSA) is 66.9 Å². The van der Waals surface area contributed by atoms with Crippen molar-refractivity contribution in [1.82, 2.24) is 20.8 Å². The van der Waals surface area contributed by atoms with Crippen LogP contribution in [0.4, 0.5) is 8.78 Å². The summed E-state index contributed by atoms with van der Waals surface area (Å²) < 4.78 is 25.9. The van der Waals surface area contributed by atoms with E-state index in [1.165, 1.54) is 11.3 Å². The number of rotatable bonds is 4. The van der Waals surface area contributed by atoms with E-state index in [2.05, 4.69) is 20.8 Å². The molecule has 20 heavy (non-hydrogen) atoms. The van der Waals surface area contributed by atoms with Crippen molar-refractivity contribution in [2.45, 2.75) is 44.7 Å². The molecule has 1 fully saturated rings. The third kappa shape index (κ3) is 4.32. The van der Waals surface area contributed by atoms with E-state index in [0.717, 1.165) is 5.01 Å². The summed E-state index contributed by atoms with van der Waals surface area (Å²) in [6, 6.07) is -0.826. The number of aromatic nitrogens is 2. The number of alkyl halides is 2. The van der Waals surface area contributed by atoms with E-state index < -0.39 is 30.8 Å². The van der Waals surface area contributed by atoms with Crippen LogP contribution in [0.2, 0.25) is 0 Å². The molecule has 1 saturated heterocycles. The molecule has 0 radical (unpaired) electrons. The Labute approximate surface area is 126 Å². The Hall–Kier alpha value is -0.860. The molecule has 2 heterocycles. The Morgan fingerprint density at radius 3 is 2.75 bits per heavy atom. The number of carbonyl (C=O) groups is 1. The molecule has 114 valence electrons. The minimum Gasteiger partial charge on any atom is -0.348 e. The van der Waals surface area contributed by atoms with Crippen molar-refractivity contribution in [3.8, 4) is 0 Å². The first kappa shape index (κ1) is 17.2. The van der Waals surface area contributed by atoms with Gasteiger partial charge in [-0.05, 0) is 0 Å². The molecule has 9 heteroatoms. The first-order chi connectivity index (χ1) is 8.87. The van der Waals surface area contributed by atoms with Gasteiger partial charge in [0.1, 0.15) is 10.0 Å². The van der Waals surface area contributed by atoms with Crippen LogP contribution in [0.3, 0.4) is 0 Å². The van der Waals surface area contributed by atoms with Crippen molar-refractivity contribution < 1.29 is 13.6 Å². The standard InChI is InChI=1S/C11H16F2N4OS.ClH/c1-6(2)10-17-16-8(19-10)4-14-9(18)7-3-11(12,13)5-15-7;/h6-7,15H,3-5H2,1-2H3,(H,14,18);1H. The van der Waals surface area contributed by atoms with E-state index in [0.29, 0.717) is 5.01 Å². The van der Waals surface area contributed by atoms with Gasteiger partial charge in [0.05, 0.1) is 19.1 Å². The fourth-order valence-electron chi connectivity index (χ4n) is 1.76. The lowest BCUT2D eigenvalue weighted by Gasteiger charge is -2.09. The van der Waals surface area contributed by atoms with Crippen LogP contribution in [-0.2, 0) is 11.3 Å². The highest BCUT2D eigenvalue weighted by molar-refractivity contribution is 7.11. The third-order valence-electron chi connectivity index (χ3n) is 2.82. The van der Waals surface area contributed by atoms with Gasteiger partial charge >= 0.3 is 0 Å². The Balaban J connectivity index is 0.00000200. The molecule has 2 N–H and O–H groups in total. The lowest BCUT2D eigenvalue weighted by molar-refractivity contribution is -0.123. The summed E-state index contributed by atoms with van der Waals surface area (Å²) in [6.07, 6.45) is -0.452. The molecule has 0 bridgehead atoms. The van der Waals surface area contributed by atoms with Gasteiger partial charge in [0.2, 0.25) is 5.91 Å². The minimum absolute atomic E-state index is 0. The summed E-state index contributed by atoms with van der Waals surface area (Å²) in [5, 5.41) is 14.6. The summed E-state index contributed by atoms with van der Waals surface area (Å²) in [7, 11) is 0. The van der Waals surface area contributed by atoms with Crippen molar-refractivity contribution in [3.05, 3.63) is 10.0 Å². The Kier molecular flexibility index (Phi) is 5.79. The lowest BCUT2D eigenvalue weighted by Crippen LogP contribution is -2.40. The summed E-state index contributed by atoms with van der Waals surface area (Å²) >= 11 is 1.42. The predicted octanol–water partition coefficient (Wildman–Crippen LogP) is 1.70. The molecular weight excluding hydrogens is 310 g/mol. The Morgan fingerprint density at radius 2 is 2.25 bits per heavy atom. The quantitative estimate of drug-likeness (QED) is 0.883. The van der Waals surface area contributed by atoms with E-state index in [1.54, 1.807) is 0 Å². The summed E-state index contributed by atoms with van der Waals surface area (Å²) in [6.45, 7) is 3.80. The van der Waals surface area contributed by atoms with Crippen LogP contribution < -0.4 is 10.6 Å². The molecule has 1 atom stereocenters. The van der Waals surface area contributed by atoms with Crippen LogP contribution in [0, 0.1) is 0 Å². The highest BCUT2D eigenvalue weighted by Gasteiger charge is 2.42. The summed E-state index contributed by atoms with van der Waals surface area (Å²) in [5.74, 6) is -2.93. The maximum absolute atomic E-state index is 12.9. The first-order valence-corrected chi connectivity index (χ1v) is 6.90. The van der Waals surface area contributed by atoms with Gasteiger partial charge in [-0.1, -0.05) is 25.2 Å². The van der Waals surface area contributed by atoms with Crippen LogP contribution in [0.1, 0.15) is 36.2 Å². The molecule has 1 aliphatic rings. The van der Waals surface area contributed by atoms with Crippen LogP contribution in [0.25, 0.3) is 0 Å². The Bertz CT molecular complexity index is 469. The van der Waals surface area contributed by atoms with Crippen LogP contribution >= 0.6 is 23.7 Å². The number of amides is 1. The molecule has 1 aromatic heterocycles. The number of nitrogens with zero attached hydrogens (tertiary/aromatic N) is 2. The van der Waals surface area contributed by atoms with Crippen molar-refractivity contribution >= 4 is 29.7 Å². The van der Waals surface area contributed by atoms with E-state index in [-0.39, 0.29) is 24.9 Å². The van der Waals surface area contributed by atoms with Crippen molar-refractivity contribution in [3.63, 3.8) is 0 Å². The monoisotopic (exact) mass is 326 g/mol. The molecule has 1 amide bonds. The molecule has 0 spiro atoms. The maximum atomic E-state index is 12.9. The number of hydrogen-bond donors (Lipinski definition) is 2. The van der Waals surface area contributed by atoms with Crippen LogP contribution in [0.5, 0.6) is 0 Å². The van der Waals surface area contributed by atoms with Gasteiger partial charge in [-0.2, -0.15) is 0 Å². The van der Waals surface area contributed by atoms with Crippen molar-refractivity contribution in [2.24, 2.45) is 0 Å². The number of nitrogens with one attached hydrogen (secondary N) is 2. The van der Waals surface area contributed by atoms with Gasteiger partial charge in [0.25, 0.3) is 5.92 Å². The predicted molar refractivity (Wildman–Crippen MR) is 74.4 cm³/mol. The SMILES string of the molecule is CC(C)c1nnc(CNC(=O)C2CC(F)(F)CN2)s1.Cl. The summed E-state index contributed by atoms with van der Waals surface area (Å²) in [5.41, 5.74) is 0. The lowest BCUT2D eigenvalue weighted by atomic mass is 10.2. The van der Waals surface area contributed by atoms with E-state index in [9.17, 15) is 13.6 Å². The van der Waals surface area contributed by atoms with Gasteiger partial charge in [-0.15, -0.1) is 22.6 Å². The number of carbonyl (C=O) groups excluding carboxylic acids is 1. The van der Waals surface area contributed by atoms with Gasteiger partial charge in [-0.3, -0.25) is 10.1 Å². The molecule has 0 saturated carbocycles. The molecule has 0 aliphatic carbocycles. The van der Waals surface area contributed by atoms with Gasteiger partial charge in [0.15, 0.2) is 0 Å². The summed E-state index contributed by atoms with van der Waals surface area (Å²) in [4.78, 5) is 11.7. The fraction of sp³-hybridized carbons (Fsp3) is 0.727. The molecule has 1 aromatic rings. The largest absolute Gasteiger partial charge is 0.348 e. The second-order valence-corrected chi connectivity index (χ2v) is 5.99. The van der Waals surface area contributed by atoms with Crippen LogP contribution in [-0.4, -0.2) is 34.6 Å². The third-order valence-corrected chi connectivity index (χ3v) is 4.04. The highest BCUT2D eigenvalue weighted by Crippen LogP contribution is 2.25. The zero-order valence-corrected chi connectivity index (χ0v) is 12.8. The van der Waals surface area contributed by atoms with Crippen molar-refractivity contribution in [2.75, 3.05) is 6.54 Å². The van der Waals surface area contributed by atoms with E-state index in [4.69, 9.17) is 0 Å². The van der Waals surface area contributed by atoms with E-state index >= 15 is 0 Å². The average Bonchev–Trinajstić information content (AvgIpc) is 2.92. The zero-order chi connectivity index (χ0) is 14.0. The number of hydrogen-bond acceptors (Lipinski definition) is 5. The smallest absolute Gasteiger partial charge is 0.262 e. The maximum Gasteiger partial charge on any atom is 0.262 e. The zero-order valence-electron chi connectivity index (χ0n) is 11.2. The molecule has 5 nitrogen and oxygen atoms in total. The van der Waals surface area contributed by atoms with Gasteiger partial charge in [0, 0.05) is 12.3 Å². The molecule has 0 aromatic carbocycles. The van der Waals surface area contributed by atoms with Gasteiger partial charge < -0.3 is 5.32 Å². The average molecular weight is 327 g/mol. The molecule has 1 unspecified atom stereocenters. The molecular formula is C11H17ClF2N4OS. The second kappa shape index (κ2) is 6.73. The molecule has 1 aliphatic heterocycles. The van der Waals surface area contributed by atoms with E-state index in [1.807, 2.05) is 13.8 Å². The van der Waals surface area contributed by atoms with Crippen LogP contribution in [0.15, 0.2) is 0 Å². The molecule has 2 rings (SSSR count). The number of halogens is 3. The second-order valence-electron chi connectivity index (χ2n) is 4.90. The highest BCUT2D eigenvalue weighted by atomic mass is 35.5. The van der Waals surface area contributed by atoms with Gasteiger partial charge in [-0.25, -0.2) is 8.78 Å². The Morgan fingerprint density at radius 1 is 1.55 bits per heavy atom. The normalized spacial score (nSPS) is 20.8.